The van der Waals surface area contributed by atoms with Crippen LogP contribution in [0.15, 0.2) is 72.8 Å². The van der Waals surface area contributed by atoms with Crippen LogP contribution in [0.4, 0.5) is 5.69 Å². The van der Waals surface area contributed by atoms with Gasteiger partial charge in [-0.1, -0.05) is 72.3 Å². The number of nitrogens with zero attached hydrogens (tertiary/aromatic N) is 2. The summed E-state index contributed by atoms with van der Waals surface area (Å²) in [5.74, 6) is -0.737. The van der Waals surface area contributed by atoms with Crippen molar-refractivity contribution < 1.29 is 18.0 Å². The maximum Gasteiger partial charge on any atom is 0.244 e. The van der Waals surface area contributed by atoms with Gasteiger partial charge in [-0.3, -0.25) is 13.9 Å². The predicted molar refractivity (Wildman–Crippen MR) is 152 cm³/mol. The fourth-order valence-electron chi connectivity index (χ4n) is 4.32. The number of hydrogen-bond acceptors (Lipinski definition) is 4. The predicted octanol–water partition coefficient (Wildman–Crippen LogP) is 4.15. The van der Waals surface area contributed by atoms with Crippen molar-refractivity contribution >= 4 is 27.5 Å². The van der Waals surface area contributed by atoms with Crippen LogP contribution in [0.2, 0.25) is 0 Å². The Morgan fingerprint density at radius 2 is 1.50 bits per heavy atom. The van der Waals surface area contributed by atoms with Crippen molar-refractivity contribution in [3.05, 3.63) is 101 Å². The summed E-state index contributed by atoms with van der Waals surface area (Å²) in [6, 6.07) is 21.9. The van der Waals surface area contributed by atoms with Crippen LogP contribution in [0, 0.1) is 20.8 Å². The Kier molecular flexibility index (Phi) is 9.69. The Hall–Kier alpha value is -3.65. The zero-order chi connectivity index (χ0) is 27.9. The normalized spacial score (nSPS) is 12.0. The van der Waals surface area contributed by atoms with Gasteiger partial charge >= 0.3 is 0 Å². The van der Waals surface area contributed by atoms with E-state index in [2.05, 4.69) is 5.32 Å². The topological polar surface area (TPSA) is 86.8 Å². The molecule has 7 nitrogen and oxygen atoms in total. The summed E-state index contributed by atoms with van der Waals surface area (Å²) in [4.78, 5) is 28.9. The van der Waals surface area contributed by atoms with Crippen LogP contribution in [0.25, 0.3) is 0 Å². The summed E-state index contributed by atoms with van der Waals surface area (Å²) in [7, 11) is -3.79. The second-order valence-corrected chi connectivity index (χ2v) is 11.6. The molecule has 0 heterocycles. The van der Waals surface area contributed by atoms with Crippen molar-refractivity contribution in [2.24, 2.45) is 0 Å². The molecule has 3 aromatic rings. The van der Waals surface area contributed by atoms with Gasteiger partial charge in [-0.05, 0) is 56.0 Å². The summed E-state index contributed by atoms with van der Waals surface area (Å²) in [5, 5.41) is 2.86. The molecule has 0 bridgehead atoms. The number of rotatable bonds is 11. The Morgan fingerprint density at radius 1 is 0.868 bits per heavy atom. The molecule has 3 aromatic carbocycles. The summed E-state index contributed by atoms with van der Waals surface area (Å²) in [6.07, 6.45) is 1.39. The number of nitrogens with one attached hydrogen (secondary N) is 1. The third-order valence-electron chi connectivity index (χ3n) is 6.41. The van der Waals surface area contributed by atoms with E-state index in [0.29, 0.717) is 18.7 Å². The molecule has 0 saturated heterocycles. The molecule has 1 atom stereocenters. The van der Waals surface area contributed by atoms with Gasteiger partial charge in [0.15, 0.2) is 0 Å². The Bertz CT molecular complexity index is 1360. The van der Waals surface area contributed by atoms with Gasteiger partial charge in [-0.15, -0.1) is 0 Å². The molecule has 1 N–H and O–H groups in total. The van der Waals surface area contributed by atoms with E-state index in [4.69, 9.17) is 0 Å². The molecule has 0 aliphatic carbocycles. The monoisotopic (exact) mass is 535 g/mol. The van der Waals surface area contributed by atoms with Crippen molar-refractivity contribution in [1.29, 1.82) is 0 Å². The largest absolute Gasteiger partial charge is 0.355 e. The second kappa shape index (κ2) is 12.7. The first-order valence-electron chi connectivity index (χ1n) is 12.7. The molecule has 0 fully saturated rings. The van der Waals surface area contributed by atoms with E-state index in [1.165, 1.54) is 4.90 Å². The smallest absolute Gasteiger partial charge is 0.244 e. The number of likely N-dealkylation sites (N-methyl/N-ethyl adjacent to an activating group) is 1. The van der Waals surface area contributed by atoms with E-state index in [1.807, 2.05) is 94.4 Å². The van der Waals surface area contributed by atoms with Crippen LogP contribution < -0.4 is 9.62 Å². The summed E-state index contributed by atoms with van der Waals surface area (Å²) < 4.78 is 27.0. The molecule has 38 heavy (non-hydrogen) atoms. The fourth-order valence-corrected chi connectivity index (χ4v) is 5.22. The Balaban J connectivity index is 2.06. The molecule has 0 spiro atoms. The van der Waals surface area contributed by atoms with Crippen LogP contribution in [-0.4, -0.2) is 50.5 Å². The van der Waals surface area contributed by atoms with Crippen LogP contribution in [0.5, 0.6) is 0 Å². The lowest BCUT2D eigenvalue weighted by Gasteiger charge is -2.33. The third kappa shape index (κ3) is 7.68. The highest BCUT2D eigenvalue weighted by Crippen LogP contribution is 2.25. The number of sulfonamides is 1. The average Bonchev–Trinajstić information content (AvgIpc) is 2.87. The molecule has 0 unspecified atom stereocenters. The van der Waals surface area contributed by atoms with Gasteiger partial charge in [0.05, 0.1) is 11.9 Å². The van der Waals surface area contributed by atoms with Gasteiger partial charge in [0.1, 0.15) is 12.6 Å². The van der Waals surface area contributed by atoms with E-state index in [0.717, 1.165) is 38.4 Å². The van der Waals surface area contributed by atoms with Crippen LogP contribution in [0.1, 0.15) is 34.7 Å². The Labute approximate surface area is 226 Å². The standard InChI is InChI=1S/C30H37N3O4S/c1-6-31-30(35)28(19-25-10-8-7-9-11-25)32(20-26-16-13-22(2)14-17-26)29(34)21-33(38(5,36)37)27-18-23(3)12-15-24(27)4/h7-18,28H,6,19-21H2,1-5H3,(H,31,35)/t28-/m0/s1. The molecule has 2 amide bonds. The Morgan fingerprint density at radius 3 is 2.11 bits per heavy atom. The van der Waals surface area contributed by atoms with Gasteiger partial charge in [0, 0.05) is 19.5 Å². The molecule has 0 radical (unpaired) electrons. The van der Waals surface area contributed by atoms with Gasteiger partial charge in [0.25, 0.3) is 0 Å². The summed E-state index contributed by atoms with van der Waals surface area (Å²) in [5.41, 5.74) is 4.91. The molecule has 8 heteroatoms. The molecule has 0 aliphatic rings. The second-order valence-electron chi connectivity index (χ2n) is 9.67. The van der Waals surface area contributed by atoms with E-state index < -0.39 is 28.5 Å². The van der Waals surface area contributed by atoms with Crippen molar-refractivity contribution in [2.75, 3.05) is 23.7 Å². The van der Waals surface area contributed by atoms with Gasteiger partial charge in [-0.2, -0.15) is 0 Å². The highest BCUT2D eigenvalue weighted by molar-refractivity contribution is 7.92. The minimum atomic E-state index is -3.79. The molecule has 0 aromatic heterocycles. The van der Waals surface area contributed by atoms with Crippen LogP contribution >= 0.6 is 0 Å². The molecule has 0 saturated carbocycles. The van der Waals surface area contributed by atoms with Crippen LogP contribution in [-0.2, 0) is 32.6 Å². The maximum atomic E-state index is 14.0. The SMILES string of the molecule is CCNC(=O)[C@H](Cc1ccccc1)N(Cc1ccc(C)cc1)C(=O)CN(c1cc(C)ccc1C)S(C)(=O)=O. The average molecular weight is 536 g/mol. The van der Waals surface area contributed by atoms with Gasteiger partial charge in [0.2, 0.25) is 21.8 Å². The number of carbonyl (C=O) groups excluding carboxylic acids is 2. The quantitative estimate of drug-likeness (QED) is 0.400. The van der Waals surface area contributed by atoms with Crippen molar-refractivity contribution in [3.8, 4) is 0 Å². The first kappa shape index (κ1) is 28.9. The summed E-state index contributed by atoms with van der Waals surface area (Å²) >= 11 is 0. The minimum absolute atomic E-state index is 0.165. The molecular formula is C30H37N3O4S. The molecule has 0 aliphatic heterocycles. The highest BCUT2D eigenvalue weighted by Gasteiger charge is 2.33. The molecular weight excluding hydrogens is 498 g/mol. The van der Waals surface area contributed by atoms with E-state index in [1.54, 1.807) is 6.07 Å². The van der Waals surface area contributed by atoms with E-state index >= 15 is 0 Å². The van der Waals surface area contributed by atoms with Crippen LogP contribution in [0.3, 0.4) is 0 Å². The lowest BCUT2D eigenvalue weighted by atomic mass is 10.0. The number of carbonyl (C=O) groups is 2. The summed E-state index contributed by atoms with van der Waals surface area (Å²) in [6.45, 7) is 7.66. The van der Waals surface area contributed by atoms with Crippen molar-refractivity contribution in [2.45, 2.75) is 46.7 Å². The number of benzene rings is 3. The molecule has 202 valence electrons. The minimum Gasteiger partial charge on any atom is -0.355 e. The lowest BCUT2D eigenvalue weighted by Crippen LogP contribution is -2.53. The first-order chi connectivity index (χ1) is 18.0. The fraction of sp³-hybridized carbons (Fsp3) is 0.333. The number of anilines is 1. The number of hydrogen-bond donors (Lipinski definition) is 1. The zero-order valence-electron chi connectivity index (χ0n) is 22.8. The lowest BCUT2D eigenvalue weighted by molar-refractivity contribution is -0.140. The number of amides is 2. The third-order valence-corrected chi connectivity index (χ3v) is 7.53. The van der Waals surface area contributed by atoms with E-state index in [-0.39, 0.29) is 12.5 Å². The number of aryl methyl sites for hydroxylation is 3. The zero-order valence-corrected chi connectivity index (χ0v) is 23.6. The first-order valence-corrected chi connectivity index (χ1v) is 14.6. The molecule has 3 rings (SSSR count). The maximum absolute atomic E-state index is 14.0. The van der Waals surface area contributed by atoms with Crippen molar-refractivity contribution in [3.63, 3.8) is 0 Å². The van der Waals surface area contributed by atoms with Gasteiger partial charge < -0.3 is 10.2 Å². The van der Waals surface area contributed by atoms with E-state index in [9.17, 15) is 18.0 Å². The highest BCUT2D eigenvalue weighted by atomic mass is 32.2. The van der Waals surface area contributed by atoms with Gasteiger partial charge in [-0.25, -0.2) is 8.42 Å². The van der Waals surface area contributed by atoms with Crippen molar-refractivity contribution in [1.82, 2.24) is 10.2 Å².